The van der Waals surface area contributed by atoms with Crippen LogP contribution in [-0.4, -0.2) is 15.0 Å². The molecular formula is C15H10FN3S. The van der Waals surface area contributed by atoms with Crippen molar-refractivity contribution in [2.75, 3.05) is 0 Å². The molecule has 0 aliphatic rings. The molecule has 0 fully saturated rings. The number of halogens is 1. The largest absolute Gasteiger partial charge is 0.336 e. The molecule has 0 bridgehead atoms. The lowest BCUT2D eigenvalue weighted by Crippen LogP contribution is -1.78. The first kappa shape index (κ1) is 11.5. The number of fused-ring (bicyclic) bond motifs is 2. The van der Waals surface area contributed by atoms with E-state index in [1.165, 1.54) is 17.4 Å². The SMILES string of the molecule is Cc1ccnc2nc(-c3cc4ccc(F)cc4s3)[nH]c12. The number of rotatable bonds is 1. The van der Waals surface area contributed by atoms with E-state index in [0.717, 1.165) is 31.9 Å². The third kappa shape index (κ3) is 1.71. The van der Waals surface area contributed by atoms with Gasteiger partial charge in [0.05, 0.1) is 10.4 Å². The summed E-state index contributed by atoms with van der Waals surface area (Å²) in [7, 11) is 0. The number of aromatic amines is 1. The fraction of sp³-hybridized carbons (Fsp3) is 0.0667. The van der Waals surface area contributed by atoms with Crippen LogP contribution in [0, 0.1) is 12.7 Å². The quantitative estimate of drug-likeness (QED) is 0.566. The minimum absolute atomic E-state index is 0.215. The summed E-state index contributed by atoms with van der Waals surface area (Å²) in [6.45, 7) is 2.02. The minimum atomic E-state index is -0.215. The summed E-state index contributed by atoms with van der Waals surface area (Å²) in [5.74, 6) is 0.566. The highest BCUT2D eigenvalue weighted by atomic mass is 32.1. The van der Waals surface area contributed by atoms with Crippen LogP contribution in [0.15, 0.2) is 36.5 Å². The average molecular weight is 283 g/mol. The first-order chi connectivity index (χ1) is 9.70. The summed E-state index contributed by atoms with van der Waals surface area (Å²) >= 11 is 1.52. The minimum Gasteiger partial charge on any atom is -0.336 e. The van der Waals surface area contributed by atoms with Gasteiger partial charge in [-0.15, -0.1) is 11.3 Å². The van der Waals surface area contributed by atoms with Gasteiger partial charge in [-0.3, -0.25) is 0 Å². The lowest BCUT2D eigenvalue weighted by atomic mass is 10.2. The van der Waals surface area contributed by atoms with E-state index in [9.17, 15) is 4.39 Å². The number of aryl methyl sites for hydroxylation is 1. The van der Waals surface area contributed by atoms with Gasteiger partial charge in [-0.2, -0.15) is 0 Å². The fourth-order valence-electron chi connectivity index (χ4n) is 2.27. The Labute approximate surface area is 118 Å². The van der Waals surface area contributed by atoms with Gasteiger partial charge in [0.15, 0.2) is 11.5 Å². The number of H-pyrrole nitrogens is 1. The Kier molecular flexibility index (Phi) is 2.37. The predicted octanol–water partition coefficient (Wildman–Crippen LogP) is 4.29. The molecular weight excluding hydrogens is 273 g/mol. The topological polar surface area (TPSA) is 41.6 Å². The van der Waals surface area contributed by atoms with Gasteiger partial charge in [0, 0.05) is 10.9 Å². The highest BCUT2D eigenvalue weighted by molar-refractivity contribution is 7.22. The molecule has 20 heavy (non-hydrogen) atoms. The van der Waals surface area contributed by atoms with Crippen LogP contribution in [0.5, 0.6) is 0 Å². The molecule has 3 heterocycles. The van der Waals surface area contributed by atoms with Crippen molar-refractivity contribution in [1.82, 2.24) is 15.0 Å². The molecule has 0 saturated carbocycles. The Morgan fingerprint density at radius 2 is 2.10 bits per heavy atom. The van der Waals surface area contributed by atoms with Crippen molar-refractivity contribution >= 4 is 32.6 Å². The molecule has 0 unspecified atom stereocenters. The van der Waals surface area contributed by atoms with Crippen molar-refractivity contribution in [1.29, 1.82) is 0 Å². The summed E-state index contributed by atoms with van der Waals surface area (Å²) in [6, 6.07) is 8.78. The van der Waals surface area contributed by atoms with E-state index in [1.54, 1.807) is 18.3 Å². The maximum absolute atomic E-state index is 13.2. The Bertz CT molecular complexity index is 939. The molecule has 0 amide bonds. The Morgan fingerprint density at radius 1 is 1.20 bits per heavy atom. The van der Waals surface area contributed by atoms with Crippen molar-refractivity contribution in [3.63, 3.8) is 0 Å². The molecule has 98 valence electrons. The summed E-state index contributed by atoms with van der Waals surface area (Å²) in [6.07, 6.45) is 1.75. The van der Waals surface area contributed by atoms with E-state index in [0.29, 0.717) is 5.65 Å². The lowest BCUT2D eigenvalue weighted by molar-refractivity contribution is 0.630. The third-order valence-corrected chi connectivity index (χ3v) is 4.42. The third-order valence-electron chi connectivity index (χ3n) is 3.32. The van der Waals surface area contributed by atoms with Crippen LogP contribution >= 0.6 is 11.3 Å². The van der Waals surface area contributed by atoms with E-state index in [1.807, 2.05) is 19.1 Å². The number of nitrogens with one attached hydrogen (secondary N) is 1. The number of aromatic nitrogens is 3. The molecule has 4 aromatic rings. The number of hydrogen-bond acceptors (Lipinski definition) is 3. The van der Waals surface area contributed by atoms with Gasteiger partial charge in [0.1, 0.15) is 5.82 Å². The number of nitrogens with zero attached hydrogens (tertiary/aromatic N) is 2. The zero-order valence-corrected chi connectivity index (χ0v) is 11.5. The number of hydrogen-bond donors (Lipinski definition) is 1. The molecule has 0 radical (unpaired) electrons. The van der Waals surface area contributed by atoms with Crippen LogP contribution < -0.4 is 0 Å². The van der Waals surface area contributed by atoms with Crippen molar-refractivity contribution in [3.05, 3.63) is 47.9 Å². The first-order valence-corrected chi connectivity index (χ1v) is 7.03. The zero-order valence-electron chi connectivity index (χ0n) is 10.6. The molecule has 3 aromatic heterocycles. The van der Waals surface area contributed by atoms with Crippen LogP contribution in [0.4, 0.5) is 4.39 Å². The molecule has 1 aromatic carbocycles. The van der Waals surface area contributed by atoms with Gasteiger partial charge < -0.3 is 4.98 Å². The Morgan fingerprint density at radius 3 is 2.95 bits per heavy atom. The van der Waals surface area contributed by atoms with Gasteiger partial charge in [0.2, 0.25) is 0 Å². The van der Waals surface area contributed by atoms with Gasteiger partial charge >= 0.3 is 0 Å². The summed E-state index contributed by atoms with van der Waals surface area (Å²) < 4.78 is 14.2. The molecule has 0 saturated heterocycles. The maximum atomic E-state index is 13.2. The van der Waals surface area contributed by atoms with Crippen LogP contribution in [0.1, 0.15) is 5.56 Å². The van der Waals surface area contributed by atoms with Gasteiger partial charge in [0.25, 0.3) is 0 Å². The van der Waals surface area contributed by atoms with Gasteiger partial charge in [-0.25, -0.2) is 14.4 Å². The number of imidazole rings is 1. The van der Waals surface area contributed by atoms with Crippen molar-refractivity contribution in [3.8, 4) is 10.7 Å². The average Bonchev–Trinajstić information content (AvgIpc) is 3.01. The second-order valence-electron chi connectivity index (χ2n) is 4.70. The van der Waals surface area contributed by atoms with Crippen LogP contribution in [0.2, 0.25) is 0 Å². The van der Waals surface area contributed by atoms with E-state index in [4.69, 9.17) is 0 Å². The van der Waals surface area contributed by atoms with E-state index >= 15 is 0 Å². The molecule has 0 aliphatic heterocycles. The standard InChI is InChI=1S/C15H10FN3S/c1-8-4-5-17-15-13(8)18-14(19-15)12-6-9-2-3-10(16)7-11(9)20-12/h2-7H,1H3,(H,17,18,19). The fourth-order valence-corrected chi connectivity index (χ4v) is 3.31. The molecule has 5 heteroatoms. The lowest BCUT2D eigenvalue weighted by Gasteiger charge is -1.90. The predicted molar refractivity (Wildman–Crippen MR) is 79.4 cm³/mol. The van der Waals surface area contributed by atoms with Crippen LogP contribution in [0.25, 0.3) is 32.0 Å². The highest BCUT2D eigenvalue weighted by Crippen LogP contribution is 2.33. The Balaban J connectivity index is 1.94. The van der Waals surface area contributed by atoms with E-state index in [2.05, 4.69) is 15.0 Å². The van der Waals surface area contributed by atoms with Gasteiger partial charge in [-0.05, 0) is 42.1 Å². The smallest absolute Gasteiger partial charge is 0.178 e. The van der Waals surface area contributed by atoms with E-state index < -0.39 is 0 Å². The highest BCUT2D eigenvalue weighted by Gasteiger charge is 2.11. The van der Waals surface area contributed by atoms with Crippen LogP contribution in [0.3, 0.4) is 0 Å². The number of thiophene rings is 1. The number of benzene rings is 1. The monoisotopic (exact) mass is 283 g/mol. The van der Waals surface area contributed by atoms with Crippen molar-refractivity contribution in [2.24, 2.45) is 0 Å². The summed E-state index contributed by atoms with van der Waals surface area (Å²) in [4.78, 5) is 13.1. The summed E-state index contributed by atoms with van der Waals surface area (Å²) in [5, 5.41) is 1.02. The Hall–Kier alpha value is -2.27. The molecule has 0 spiro atoms. The molecule has 0 aliphatic carbocycles. The number of pyridine rings is 1. The first-order valence-electron chi connectivity index (χ1n) is 6.21. The second kappa shape index (κ2) is 4.11. The summed E-state index contributed by atoms with van der Waals surface area (Å²) in [5.41, 5.74) is 2.77. The molecule has 1 N–H and O–H groups in total. The maximum Gasteiger partial charge on any atom is 0.178 e. The molecule has 4 rings (SSSR count). The van der Waals surface area contributed by atoms with E-state index in [-0.39, 0.29) is 5.82 Å². The second-order valence-corrected chi connectivity index (χ2v) is 5.79. The molecule has 0 atom stereocenters. The van der Waals surface area contributed by atoms with Crippen LogP contribution in [-0.2, 0) is 0 Å². The van der Waals surface area contributed by atoms with Crippen molar-refractivity contribution < 1.29 is 4.39 Å². The van der Waals surface area contributed by atoms with Crippen molar-refractivity contribution in [2.45, 2.75) is 6.92 Å². The zero-order chi connectivity index (χ0) is 13.7. The molecule has 3 nitrogen and oxygen atoms in total. The normalized spacial score (nSPS) is 11.5. The van der Waals surface area contributed by atoms with Gasteiger partial charge in [-0.1, -0.05) is 6.07 Å².